The van der Waals surface area contributed by atoms with Gasteiger partial charge in [-0.2, -0.15) is 0 Å². The van der Waals surface area contributed by atoms with Crippen LogP contribution < -0.4 is 0 Å². The van der Waals surface area contributed by atoms with Crippen LogP contribution in [-0.2, 0) is 10.0 Å². The molecule has 0 aromatic heterocycles. The lowest BCUT2D eigenvalue weighted by Gasteiger charge is -2.28. The van der Waals surface area contributed by atoms with E-state index in [4.69, 9.17) is 0 Å². The average Bonchev–Trinajstić information content (AvgIpc) is 2.15. The number of nitrogens with zero attached hydrogens (tertiary/aromatic N) is 2. The Kier molecular flexibility index (Phi) is 2.19. The Morgan fingerprint density at radius 3 is 3.07 bits per heavy atom. The van der Waals surface area contributed by atoms with Crippen LogP contribution in [0.1, 0.15) is 13.3 Å². The van der Waals surface area contributed by atoms with Gasteiger partial charge in [0.05, 0.1) is 5.75 Å². The maximum atomic E-state index is 11.3. The lowest BCUT2D eigenvalue weighted by molar-refractivity contribution is 0.545. The zero-order chi connectivity index (χ0) is 10.2. The van der Waals surface area contributed by atoms with E-state index in [2.05, 4.69) is 4.40 Å². The first-order valence-corrected chi connectivity index (χ1v) is 6.20. The molecule has 0 radical (unpaired) electrons. The second-order valence-electron chi connectivity index (χ2n) is 3.28. The number of allylic oxidation sites excluding steroid dienone is 2. The fourth-order valence-corrected chi connectivity index (χ4v) is 2.56. The number of hydrogen-bond acceptors (Lipinski definition) is 3. The Morgan fingerprint density at radius 2 is 2.36 bits per heavy atom. The molecule has 0 bridgehead atoms. The standard InChI is InChI=1S/C9H12N2O2S/c1-2-8-4-3-5-11-6-7-14(12,13)10-9(8)11/h3-5H,2,6-7H2,1H3. The van der Waals surface area contributed by atoms with E-state index in [0.29, 0.717) is 12.4 Å². The quantitative estimate of drug-likeness (QED) is 0.648. The largest absolute Gasteiger partial charge is 0.331 e. The third kappa shape index (κ3) is 1.59. The molecular formula is C9H12N2O2S. The first kappa shape index (κ1) is 9.45. The van der Waals surface area contributed by atoms with Crippen LogP contribution in [0.2, 0.25) is 0 Å². The number of fused-ring (bicyclic) bond motifs is 1. The van der Waals surface area contributed by atoms with Gasteiger partial charge in [-0.3, -0.25) is 0 Å². The van der Waals surface area contributed by atoms with Crippen molar-refractivity contribution in [2.75, 3.05) is 12.3 Å². The molecule has 2 aliphatic rings. The highest BCUT2D eigenvalue weighted by Crippen LogP contribution is 2.19. The lowest BCUT2D eigenvalue weighted by Crippen LogP contribution is -2.38. The van der Waals surface area contributed by atoms with Crippen molar-refractivity contribution in [2.45, 2.75) is 13.3 Å². The van der Waals surface area contributed by atoms with Gasteiger partial charge in [-0.1, -0.05) is 13.0 Å². The molecule has 76 valence electrons. The summed E-state index contributed by atoms with van der Waals surface area (Å²) >= 11 is 0. The predicted octanol–water partition coefficient (Wildman–Crippen LogP) is 0.894. The van der Waals surface area contributed by atoms with Gasteiger partial charge in [-0.25, -0.2) is 8.42 Å². The fourth-order valence-electron chi connectivity index (χ4n) is 1.55. The van der Waals surface area contributed by atoms with Gasteiger partial charge in [0.25, 0.3) is 10.0 Å². The van der Waals surface area contributed by atoms with E-state index >= 15 is 0 Å². The van der Waals surface area contributed by atoms with E-state index < -0.39 is 10.0 Å². The Hall–Kier alpha value is -1.10. The molecule has 5 heteroatoms. The molecule has 0 amide bonds. The number of sulfonamides is 1. The lowest BCUT2D eigenvalue weighted by atomic mass is 10.1. The molecular weight excluding hydrogens is 200 g/mol. The number of hydrogen-bond donors (Lipinski definition) is 0. The molecule has 0 spiro atoms. The van der Waals surface area contributed by atoms with Gasteiger partial charge in [0.2, 0.25) is 0 Å². The van der Waals surface area contributed by atoms with Crippen molar-refractivity contribution in [1.82, 2.24) is 4.90 Å². The minimum absolute atomic E-state index is 0.109. The van der Waals surface area contributed by atoms with Crippen molar-refractivity contribution in [2.24, 2.45) is 4.40 Å². The van der Waals surface area contributed by atoms with E-state index in [1.165, 1.54) is 0 Å². The molecule has 0 N–H and O–H groups in total. The molecule has 4 nitrogen and oxygen atoms in total. The van der Waals surface area contributed by atoms with Crippen LogP contribution in [0.3, 0.4) is 0 Å². The van der Waals surface area contributed by atoms with Gasteiger partial charge in [-0.15, -0.1) is 4.40 Å². The van der Waals surface area contributed by atoms with E-state index in [1.54, 1.807) is 0 Å². The zero-order valence-electron chi connectivity index (χ0n) is 7.97. The monoisotopic (exact) mass is 212 g/mol. The van der Waals surface area contributed by atoms with Crippen molar-refractivity contribution < 1.29 is 8.42 Å². The SMILES string of the molecule is CCC1=CC=CN2CCS(=O)(=O)N=C12. The van der Waals surface area contributed by atoms with E-state index in [0.717, 1.165) is 12.0 Å². The molecule has 2 rings (SSSR count). The van der Waals surface area contributed by atoms with Gasteiger partial charge in [-0.05, 0) is 18.1 Å². The summed E-state index contributed by atoms with van der Waals surface area (Å²) in [6, 6.07) is 0. The molecule has 0 saturated heterocycles. The van der Waals surface area contributed by atoms with Crippen molar-refractivity contribution >= 4 is 15.9 Å². The summed E-state index contributed by atoms with van der Waals surface area (Å²) in [6.07, 6.45) is 6.51. The molecule has 0 saturated carbocycles. The van der Waals surface area contributed by atoms with Crippen LogP contribution >= 0.6 is 0 Å². The summed E-state index contributed by atoms with van der Waals surface area (Å²) in [5, 5.41) is 0. The van der Waals surface area contributed by atoms with Crippen LogP contribution in [-0.4, -0.2) is 31.5 Å². The summed E-state index contributed by atoms with van der Waals surface area (Å²) in [7, 11) is -3.22. The summed E-state index contributed by atoms with van der Waals surface area (Å²) in [4.78, 5) is 1.89. The van der Waals surface area contributed by atoms with Crippen LogP contribution in [0.5, 0.6) is 0 Å². The van der Waals surface area contributed by atoms with Crippen molar-refractivity contribution in [3.05, 3.63) is 23.9 Å². The van der Waals surface area contributed by atoms with Gasteiger partial charge < -0.3 is 4.90 Å². The topological polar surface area (TPSA) is 49.7 Å². The van der Waals surface area contributed by atoms with E-state index in [9.17, 15) is 8.42 Å². The Morgan fingerprint density at radius 1 is 1.57 bits per heavy atom. The van der Waals surface area contributed by atoms with Gasteiger partial charge in [0, 0.05) is 12.7 Å². The van der Waals surface area contributed by atoms with Crippen LogP contribution in [0.15, 0.2) is 28.3 Å². The molecule has 0 aromatic rings. The minimum atomic E-state index is -3.22. The summed E-state index contributed by atoms with van der Waals surface area (Å²) in [6.45, 7) is 2.50. The molecule has 14 heavy (non-hydrogen) atoms. The molecule has 0 atom stereocenters. The first-order valence-electron chi connectivity index (χ1n) is 4.59. The highest BCUT2D eigenvalue weighted by Gasteiger charge is 2.25. The average molecular weight is 212 g/mol. The first-order chi connectivity index (χ1) is 6.62. The molecule has 0 fully saturated rings. The Bertz CT molecular complexity index is 432. The minimum Gasteiger partial charge on any atom is -0.331 e. The third-order valence-corrected chi connectivity index (χ3v) is 3.47. The highest BCUT2D eigenvalue weighted by molar-refractivity contribution is 7.90. The summed E-state index contributed by atoms with van der Waals surface area (Å²) < 4.78 is 26.4. The molecule has 2 heterocycles. The zero-order valence-corrected chi connectivity index (χ0v) is 8.79. The van der Waals surface area contributed by atoms with Gasteiger partial charge in [0.1, 0.15) is 5.84 Å². The summed E-state index contributed by atoms with van der Waals surface area (Å²) in [5.41, 5.74) is 0.982. The molecule has 0 aromatic carbocycles. The second-order valence-corrected chi connectivity index (χ2v) is 5.04. The Labute approximate surface area is 83.7 Å². The van der Waals surface area contributed by atoms with E-state index in [-0.39, 0.29) is 5.75 Å². The van der Waals surface area contributed by atoms with Gasteiger partial charge >= 0.3 is 0 Å². The second kappa shape index (κ2) is 3.24. The molecule has 0 aliphatic carbocycles. The fraction of sp³-hybridized carbons (Fsp3) is 0.444. The molecule has 2 aliphatic heterocycles. The number of amidine groups is 1. The number of rotatable bonds is 1. The van der Waals surface area contributed by atoms with E-state index in [1.807, 2.05) is 30.2 Å². The predicted molar refractivity (Wildman–Crippen MR) is 55.4 cm³/mol. The maximum absolute atomic E-state index is 11.3. The normalized spacial score (nSPS) is 23.9. The van der Waals surface area contributed by atoms with Crippen molar-refractivity contribution in [3.63, 3.8) is 0 Å². The molecule has 0 unspecified atom stereocenters. The van der Waals surface area contributed by atoms with Crippen molar-refractivity contribution in [3.8, 4) is 0 Å². The van der Waals surface area contributed by atoms with Crippen LogP contribution in [0, 0.1) is 0 Å². The smallest absolute Gasteiger partial charge is 0.256 e. The summed E-state index contributed by atoms with van der Waals surface area (Å²) in [5.74, 6) is 0.707. The van der Waals surface area contributed by atoms with Crippen LogP contribution in [0.4, 0.5) is 0 Å². The highest BCUT2D eigenvalue weighted by atomic mass is 32.2. The van der Waals surface area contributed by atoms with Gasteiger partial charge in [0.15, 0.2) is 0 Å². The Balaban J connectivity index is 2.47. The van der Waals surface area contributed by atoms with Crippen LogP contribution in [0.25, 0.3) is 0 Å². The van der Waals surface area contributed by atoms with Crippen molar-refractivity contribution in [1.29, 1.82) is 0 Å². The maximum Gasteiger partial charge on any atom is 0.256 e. The third-order valence-electron chi connectivity index (χ3n) is 2.32.